The number of likely N-dealkylation sites (N-methyl/N-ethyl adjacent to an activating group) is 1. The number of rotatable bonds is 2. The fraction of sp³-hybridized carbons (Fsp3) is 1.00. The van der Waals surface area contributed by atoms with Crippen LogP contribution in [0.25, 0.3) is 0 Å². The molecule has 2 nitrogen and oxygen atoms in total. The Hall–Kier alpha value is -0.0800. The second-order valence-corrected chi connectivity index (χ2v) is 5.50. The molecule has 0 aromatic heterocycles. The van der Waals surface area contributed by atoms with Gasteiger partial charge in [0.15, 0.2) is 0 Å². The maximum absolute atomic E-state index is 3.71. The lowest BCUT2D eigenvalue weighted by molar-refractivity contribution is 0.261. The van der Waals surface area contributed by atoms with Crippen LogP contribution in [0.2, 0.25) is 0 Å². The zero-order chi connectivity index (χ0) is 10.1. The lowest BCUT2D eigenvalue weighted by Crippen LogP contribution is -2.44. The minimum Gasteiger partial charge on any atom is -0.310 e. The number of hydrogen-bond donors (Lipinski definition) is 1. The van der Waals surface area contributed by atoms with Gasteiger partial charge in [0.1, 0.15) is 0 Å². The minimum atomic E-state index is 0.376. The lowest BCUT2D eigenvalue weighted by Gasteiger charge is -2.31. The van der Waals surface area contributed by atoms with E-state index in [2.05, 4.69) is 45.0 Å². The molecule has 0 saturated carbocycles. The van der Waals surface area contributed by atoms with Gasteiger partial charge in [-0.2, -0.15) is 0 Å². The van der Waals surface area contributed by atoms with Gasteiger partial charge in [-0.05, 0) is 32.4 Å². The first kappa shape index (κ1) is 11.0. The molecule has 1 rings (SSSR count). The van der Waals surface area contributed by atoms with E-state index >= 15 is 0 Å². The summed E-state index contributed by atoms with van der Waals surface area (Å²) in [4.78, 5) is 2.40. The fourth-order valence-electron chi connectivity index (χ4n) is 1.67. The first-order valence-corrected chi connectivity index (χ1v) is 5.34. The molecule has 1 aliphatic heterocycles. The van der Waals surface area contributed by atoms with Gasteiger partial charge in [-0.25, -0.2) is 0 Å². The Morgan fingerprint density at radius 3 is 2.38 bits per heavy atom. The van der Waals surface area contributed by atoms with Crippen molar-refractivity contribution < 1.29 is 0 Å². The van der Waals surface area contributed by atoms with Crippen LogP contribution in [0, 0.1) is 5.41 Å². The van der Waals surface area contributed by atoms with Crippen LogP contribution in [-0.4, -0.2) is 37.1 Å². The zero-order valence-electron chi connectivity index (χ0n) is 9.72. The zero-order valence-corrected chi connectivity index (χ0v) is 9.72. The Morgan fingerprint density at radius 1 is 1.38 bits per heavy atom. The molecule has 0 spiro atoms. The van der Waals surface area contributed by atoms with Crippen molar-refractivity contribution in [3.05, 3.63) is 0 Å². The quantitative estimate of drug-likeness (QED) is 0.703. The number of nitrogens with zero attached hydrogens (tertiary/aromatic N) is 1. The third-order valence-electron chi connectivity index (χ3n) is 3.18. The normalized spacial score (nSPS) is 27.9. The molecule has 78 valence electrons. The summed E-state index contributed by atoms with van der Waals surface area (Å²) in [5.41, 5.74) is 0.376. The fourth-order valence-corrected chi connectivity index (χ4v) is 1.67. The third kappa shape index (κ3) is 3.28. The molecule has 1 N–H and O–H groups in total. The van der Waals surface area contributed by atoms with Gasteiger partial charge in [0, 0.05) is 18.6 Å². The number of nitrogens with one attached hydrogen (secondary N) is 1. The molecule has 1 aliphatic rings. The maximum Gasteiger partial charge on any atom is 0.0209 e. The molecule has 1 unspecified atom stereocenters. The standard InChI is InChI=1S/C11H24N2/c1-9(11(2,3)4)12-10-6-7-13(5)8-10/h9-10,12H,6-8H2,1-5H3/t9-,10?/m0/s1. The molecule has 2 heteroatoms. The van der Waals surface area contributed by atoms with E-state index in [1.54, 1.807) is 0 Å². The second kappa shape index (κ2) is 3.97. The van der Waals surface area contributed by atoms with Crippen LogP contribution in [0.5, 0.6) is 0 Å². The maximum atomic E-state index is 3.71. The molecule has 0 amide bonds. The van der Waals surface area contributed by atoms with E-state index in [0.29, 0.717) is 17.5 Å². The summed E-state index contributed by atoms with van der Waals surface area (Å²) >= 11 is 0. The highest BCUT2D eigenvalue weighted by molar-refractivity contribution is 4.85. The van der Waals surface area contributed by atoms with Crippen LogP contribution < -0.4 is 5.32 Å². The summed E-state index contributed by atoms with van der Waals surface area (Å²) in [5.74, 6) is 0. The number of hydrogen-bond acceptors (Lipinski definition) is 2. The van der Waals surface area contributed by atoms with Crippen LogP contribution >= 0.6 is 0 Å². The molecule has 0 aromatic rings. The van der Waals surface area contributed by atoms with Crippen molar-refractivity contribution in [2.75, 3.05) is 20.1 Å². The predicted molar refractivity (Wildman–Crippen MR) is 58.0 cm³/mol. The van der Waals surface area contributed by atoms with E-state index < -0.39 is 0 Å². The largest absolute Gasteiger partial charge is 0.310 e. The SMILES string of the molecule is C[C@H](NC1CCN(C)C1)C(C)(C)C. The highest BCUT2D eigenvalue weighted by atomic mass is 15.2. The van der Waals surface area contributed by atoms with Crippen molar-refractivity contribution in [2.24, 2.45) is 5.41 Å². The first-order chi connectivity index (χ1) is 5.89. The average Bonchev–Trinajstić information content (AvgIpc) is 2.33. The summed E-state index contributed by atoms with van der Waals surface area (Å²) in [7, 11) is 2.20. The van der Waals surface area contributed by atoms with Crippen LogP contribution in [-0.2, 0) is 0 Å². The summed E-state index contributed by atoms with van der Waals surface area (Å²) in [6, 6.07) is 1.31. The lowest BCUT2D eigenvalue weighted by atomic mass is 9.87. The van der Waals surface area contributed by atoms with Crippen LogP contribution in [0.15, 0.2) is 0 Å². The van der Waals surface area contributed by atoms with E-state index in [1.165, 1.54) is 19.5 Å². The topological polar surface area (TPSA) is 15.3 Å². The van der Waals surface area contributed by atoms with Gasteiger partial charge in [0.2, 0.25) is 0 Å². The van der Waals surface area contributed by atoms with Crippen molar-refractivity contribution in [2.45, 2.75) is 46.2 Å². The van der Waals surface area contributed by atoms with Crippen molar-refractivity contribution in [1.29, 1.82) is 0 Å². The van der Waals surface area contributed by atoms with Crippen LogP contribution in [0.1, 0.15) is 34.1 Å². The summed E-state index contributed by atoms with van der Waals surface area (Å²) in [6.07, 6.45) is 1.30. The molecule has 0 radical (unpaired) electrons. The predicted octanol–water partition coefficient (Wildman–Crippen LogP) is 1.71. The van der Waals surface area contributed by atoms with E-state index in [9.17, 15) is 0 Å². The molecular weight excluding hydrogens is 160 g/mol. The van der Waals surface area contributed by atoms with Gasteiger partial charge in [-0.15, -0.1) is 0 Å². The van der Waals surface area contributed by atoms with Crippen molar-refractivity contribution in [3.63, 3.8) is 0 Å². The monoisotopic (exact) mass is 184 g/mol. The third-order valence-corrected chi connectivity index (χ3v) is 3.18. The highest BCUT2D eigenvalue weighted by Gasteiger charge is 2.25. The van der Waals surface area contributed by atoms with E-state index in [0.717, 1.165) is 0 Å². The minimum absolute atomic E-state index is 0.376. The smallest absolute Gasteiger partial charge is 0.0209 e. The van der Waals surface area contributed by atoms with Gasteiger partial charge in [-0.1, -0.05) is 20.8 Å². The molecular formula is C11H24N2. The second-order valence-electron chi connectivity index (χ2n) is 5.50. The molecule has 0 bridgehead atoms. The van der Waals surface area contributed by atoms with E-state index in [-0.39, 0.29) is 0 Å². The molecule has 0 aliphatic carbocycles. The Labute approximate surface area is 82.7 Å². The van der Waals surface area contributed by atoms with Gasteiger partial charge >= 0.3 is 0 Å². The Bertz CT molecular complexity index is 160. The van der Waals surface area contributed by atoms with Crippen LogP contribution in [0.3, 0.4) is 0 Å². The summed E-state index contributed by atoms with van der Waals surface area (Å²) in [6.45, 7) is 11.6. The van der Waals surface area contributed by atoms with Crippen molar-refractivity contribution in [1.82, 2.24) is 10.2 Å². The van der Waals surface area contributed by atoms with Crippen molar-refractivity contribution in [3.8, 4) is 0 Å². The van der Waals surface area contributed by atoms with Gasteiger partial charge in [-0.3, -0.25) is 0 Å². The Morgan fingerprint density at radius 2 is 2.00 bits per heavy atom. The molecule has 0 aromatic carbocycles. The molecule has 13 heavy (non-hydrogen) atoms. The molecule has 1 heterocycles. The van der Waals surface area contributed by atoms with Gasteiger partial charge in [0.05, 0.1) is 0 Å². The average molecular weight is 184 g/mol. The van der Waals surface area contributed by atoms with E-state index in [1.807, 2.05) is 0 Å². The Balaban J connectivity index is 2.33. The molecule has 1 saturated heterocycles. The van der Waals surface area contributed by atoms with Gasteiger partial charge in [0.25, 0.3) is 0 Å². The number of likely N-dealkylation sites (tertiary alicyclic amines) is 1. The summed E-state index contributed by atoms with van der Waals surface area (Å²) in [5, 5.41) is 3.71. The Kier molecular flexibility index (Phi) is 3.36. The highest BCUT2D eigenvalue weighted by Crippen LogP contribution is 2.20. The molecule has 1 fully saturated rings. The van der Waals surface area contributed by atoms with Crippen molar-refractivity contribution >= 4 is 0 Å². The first-order valence-electron chi connectivity index (χ1n) is 5.34. The molecule has 2 atom stereocenters. The summed E-state index contributed by atoms with van der Waals surface area (Å²) < 4.78 is 0. The van der Waals surface area contributed by atoms with Crippen LogP contribution in [0.4, 0.5) is 0 Å². The van der Waals surface area contributed by atoms with E-state index in [4.69, 9.17) is 0 Å². The van der Waals surface area contributed by atoms with Gasteiger partial charge < -0.3 is 10.2 Å².